The molecule has 2 nitrogen and oxygen atoms in total. The summed E-state index contributed by atoms with van der Waals surface area (Å²) in [6, 6.07) is 4.31. The maximum atomic E-state index is 11.3. The molecule has 0 saturated heterocycles. The van der Waals surface area contributed by atoms with E-state index < -0.39 is 0 Å². The molecule has 1 rings (SSSR count). The van der Waals surface area contributed by atoms with E-state index in [9.17, 15) is 4.79 Å². The van der Waals surface area contributed by atoms with Crippen LogP contribution in [0.15, 0.2) is 12.1 Å². The molecule has 1 aromatic rings. The van der Waals surface area contributed by atoms with Gasteiger partial charge in [-0.15, -0.1) is 0 Å². The third kappa shape index (κ3) is 3.56. The standard InChI is InChI=1S/C13H19NOS/c1-9-6-11(3)12(7-10(9)2)8-14-13(15)4-5-16/h6-7,16H,4-5,8H2,1-3H3,(H,14,15). The van der Waals surface area contributed by atoms with E-state index in [-0.39, 0.29) is 5.91 Å². The minimum absolute atomic E-state index is 0.0626. The van der Waals surface area contributed by atoms with E-state index in [1.54, 1.807) is 0 Å². The lowest BCUT2D eigenvalue weighted by molar-refractivity contribution is -0.120. The number of hydrogen-bond acceptors (Lipinski definition) is 2. The van der Waals surface area contributed by atoms with Gasteiger partial charge in [0, 0.05) is 13.0 Å². The predicted molar refractivity (Wildman–Crippen MR) is 71.0 cm³/mol. The summed E-state index contributed by atoms with van der Waals surface area (Å²) in [5.74, 6) is 0.658. The average molecular weight is 237 g/mol. The first-order valence-corrected chi connectivity index (χ1v) is 6.12. The second-order valence-electron chi connectivity index (χ2n) is 4.11. The van der Waals surface area contributed by atoms with Crippen LogP contribution in [-0.2, 0) is 11.3 Å². The summed E-state index contributed by atoms with van der Waals surface area (Å²) in [5.41, 5.74) is 4.98. The Morgan fingerprint density at radius 2 is 1.81 bits per heavy atom. The molecule has 0 aromatic heterocycles. The fourth-order valence-corrected chi connectivity index (χ4v) is 1.80. The zero-order valence-corrected chi connectivity index (χ0v) is 11.0. The molecule has 0 aliphatic carbocycles. The smallest absolute Gasteiger partial charge is 0.221 e. The highest BCUT2D eigenvalue weighted by Crippen LogP contribution is 2.15. The summed E-state index contributed by atoms with van der Waals surface area (Å²) in [4.78, 5) is 11.3. The number of rotatable bonds is 4. The van der Waals surface area contributed by atoms with Gasteiger partial charge in [0.2, 0.25) is 5.91 Å². The lowest BCUT2D eigenvalue weighted by atomic mass is 10.0. The van der Waals surface area contributed by atoms with Crippen molar-refractivity contribution in [2.24, 2.45) is 0 Å². The van der Waals surface area contributed by atoms with Crippen LogP contribution in [0, 0.1) is 20.8 Å². The Kier molecular flexibility index (Phi) is 4.87. The first-order valence-electron chi connectivity index (χ1n) is 5.49. The number of nitrogens with one attached hydrogen (secondary N) is 1. The monoisotopic (exact) mass is 237 g/mol. The number of hydrogen-bond donors (Lipinski definition) is 2. The Morgan fingerprint density at radius 3 is 2.44 bits per heavy atom. The SMILES string of the molecule is Cc1cc(C)c(CNC(=O)CCS)cc1C. The highest BCUT2D eigenvalue weighted by Gasteiger charge is 2.04. The zero-order valence-electron chi connectivity index (χ0n) is 10.1. The van der Waals surface area contributed by atoms with Crippen molar-refractivity contribution in [2.75, 3.05) is 5.75 Å². The lowest BCUT2D eigenvalue weighted by Crippen LogP contribution is -2.23. The molecule has 0 saturated carbocycles. The maximum absolute atomic E-state index is 11.3. The highest BCUT2D eigenvalue weighted by molar-refractivity contribution is 7.80. The van der Waals surface area contributed by atoms with E-state index in [2.05, 4.69) is 50.8 Å². The fourth-order valence-electron chi connectivity index (χ4n) is 1.59. The number of aryl methyl sites for hydroxylation is 3. The third-order valence-electron chi connectivity index (χ3n) is 2.77. The molecule has 0 bridgehead atoms. The van der Waals surface area contributed by atoms with Gasteiger partial charge in [0.15, 0.2) is 0 Å². The van der Waals surface area contributed by atoms with Crippen molar-refractivity contribution in [1.82, 2.24) is 5.32 Å². The number of carbonyl (C=O) groups excluding carboxylic acids is 1. The van der Waals surface area contributed by atoms with E-state index >= 15 is 0 Å². The summed E-state index contributed by atoms with van der Waals surface area (Å²) in [6.45, 7) is 6.88. The topological polar surface area (TPSA) is 29.1 Å². The normalized spacial score (nSPS) is 10.2. The first-order chi connectivity index (χ1) is 7.54. The van der Waals surface area contributed by atoms with E-state index in [0.717, 1.165) is 0 Å². The van der Waals surface area contributed by atoms with Gasteiger partial charge in [-0.2, -0.15) is 12.6 Å². The Bertz CT molecular complexity index is 388. The second-order valence-corrected chi connectivity index (χ2v) is 4.56. The molecule has 88 valence electrons. The van der Waals surface area contributed by atoms with Gasteiger partial charge in [0.1, 0.15) is 0 Å². The molecule has 1 aromatic carbocycles. The van der Waals surface area contributed by atoms with Crippen LogP contribution in [0.3, 0.4) is 0 Å². The van der Waals surface area contributed by atoms with Crippen LogP contribution in [0.4, 0.5) is 0 Å². The molecular formula is C13H19NOS. The molecule has 16 heavy (non-hydrogen) atoms. The van der Waals surface area contributed by atoms with E-state index in [1.807, 2.05) is 0 Å². The predicted octanol–water partition coefficient (Wildman–Crippen LogP) is 2.55. The van der Waals surface area contributed by atoms with E-state index in [1.165, 1.54) is 22.3 Å². The quantitative estimate of drug-likeness (QED) is 0.774. The molecule has 1 N–H and O–H groups in total. The first kappa shape index (κ1) is 13.1. The Hall–Kier alpha value is -0.960. The Balaban J connectivity index is 2.67. The van der Waals surface area contributed by atoms with Crippen molar-refractivity contribution in [3.05, 3.63) is 34.4 Å². The van der Waals surface area contributed by atoms with Crippen LogP contribution in [0.25, 0.3) is 0 Å². The minimum Gasteiger partial charge on any atom is -0.352 e. The van der Waals surface area contributed by atoms with Crippen molar-refractivity contribution in [3.63, 3.8) is 0 Å². The van der Waals surface area contributed by atoms with Crippen LogP contribution in [0.5, 0.6) is 0 Å². The molecule has 0 unspecified atom stereocenters. The number of benzene rings is 1. The minimum atomic E-state index is 0.0626. The van der Waals surface area contributed by atoms with Crippen LogP contribution >= 0.6 is 12.6 Å². The Morgan fingerprint density at radius 1 is 1.19 bits per heavy atom. The van der Waals surface area contributed by atoms with Gasteiger partial charge in [-0.3, -0.25) is 4.79 Å². The van der Waals surface area contributed by atoms with Crippen molar-refractivity contribution in [2.45, 2.75) is 33.7 Å². The third-order valence-corrected chi connectivity index (χ3v) is 2.99. The molecule has 0 radical (unpaired) electrons. The lowest BCUT2D eigenvalue weighted by Gasteiger charge is -2.10. The fraction of sp³-hybridized carbons (Fsp3) is 0.462. The molecule has 0 fully saturated rings. The van der Waals surface area contributed by atoms with Crippen LogP contribution in [-0.4, -0.2) is 11.7 Å². The molecule has 3 heteroatoms. The van der Waals surface area contributed by atoms with Crippen LogP contribution < -0.4 is 5.32 Å². The molecule has 0 atom stereocenters. The largest absolute Gasteiger partial charge is 0.352 e. The Labute approximate surface area is 103 Å². The van der Waals surface area contributed by atoms with Crippen molar-refractivity contribution < 1.29 is 4.79 Å². The highest BCUT2D eigenvalue weighted by atomic mass is 32.1. The number of thiol groups is 1. The molecule has 0 spiro atoms. The van der Waals surface area contributed by atoms with Crippen LogP contribution in [0.1, 0.15) is 28.7 Å². The van der Waals surface area contributed by atoms with Gasteiger partial charge in [0.05, 0.1) is 0 Å². The molecule has 0 heterocycles. The van der Waals surface area contributed by atoms with Gasteiger partial charge in [-0.05, 0) is 48.8 Å². The molecule has 0 aliphatic heterocycles. The van der Waals surface area contributed by atoms with Crippen molar-refractivity contribution >= 4 is 18.5 Å². The van der Waals surface area contributed by atoms with E-state index in [4.69, 9.17) is 0 Å². The van der Waals surface area contributed by atoms with Crippen LogP contribution in [0.2, 0.25) is 0 Å². The van der Waals surface area contributed by atoms with E-state index in [0.29, 0.717) is 18.7 Å². The van der Waals surface area contributed by atoms with Gasteiger partial charge in [-0.25, -0.2) is 0 Å². The summed E-state index contributed by atoms with van der Waals surface area (Å²) in [5, 5.41) is 2.90. The molecular weight excluding hydrogens is 218 g/mol. The van der Waals surface area contributed by atoms with Gasteiger partial charge in [0.25, 0.3) is 0 Å². The summed E-state index contributed by atoms with van der Waals surface area (Å²) >= 11 is 4.03. The van der Waals surface area contributed by atoms with Crippen molar-refractivity contribution in [3.8, 4) is 0 Å². The summed E-state index contributed by atoms with van der Waals surface area (Å²) < 4.78 is 0. The summed E-state index contributed by atoms with van der Waals surface area (Å²) in [7, 11) is 0. The summed E-state index contributed by atoms with van der Waals surface area (Å²) in [6.07, 6.45) is 0.479. The maximum Gasteiger partial charge on any atom is 0.221 e. The number of amides is 1. The van der Waals surface area contributed by atoms with Gasteiger partial charge < -0.3 is 5.32 Å². The molecule has 0 aliphatic rings. The average Bonchev–Trinajstić information content (AvgIpc) is 2.22. The van der Waals surface area contributed by atoms with Crippen molar-refractivity contribution in [1.29, 1.82) is 0 Å². The van der Waals surface area contributed by atoms with Gasteiger partial charge >= 0.3 is 0 Å². The van der Waals surface area contributed by atoms with Gasteiger partial charge in [-0.1, -0.05) is 12.1 Å². The molecule has 1 amide bonds. The zero-order chi connectivity index (χ0) is 12.1. The number of carbonyl (C=O) groups is 1. The second kappa shape index (κ2) is 5.94.